The quantitative estimate of drug-likeness (QED) is 0.359. The van der Waals surface area contributed by atoms with Gasteiger partial charge in [0.2, 0.25) is 0 Å². The van der Waals surface area contributed by atoms with E-state index in [4.69, 9.17) is 0 Å². The Morgan fingerprint density at radius 2 is 1.29 bits per heavy atom. The fraction of sp³-hybridized carbons (Fsp3) is 0.222. The number of amides is 1. The average Bonchev–Trinajstić information content (AvgIpc) is 3.76. The first-order valence-electron chi connectivity index (χ1n) is 12.4. The molecule has 0 radical (unpaired) electrons. The Morgan fingerprint density at radius 1 is 0.737 bits per heavy atom. The predicted octanol–water partition coefficient (Wildman–Crippen LogP) is 3.14. The Balaban J connectivity index is 1.24. The molecule has 3 aromatic heterocycles. The van der Waals surface area contributed by atoms with Gasteiger partial charge in [0.15, 0.2) is 0 Å². The maximum Gasteiger partial charge on any atom is 0.280 e. The lowest BCUT2D eigenvalue weighted by Gasteiger charge is -2.38. The summed E-state index contributed by atoms with van der Waals surface area (Å²) < 4.78 is 1.35. The van der Waals surface area contributed by atoms with Crippen LogP contribution in [0.1, 0.15) is 52.0 Å². The first-order valence-corrected chi connectivity index (χ1v) is 12.4. The summed E-state index contributed by atoms with van der Waals surface area (Å²) in [4.78, 5) is 31.9. The van der Waals surface area contributed by atoms with E-state index < -0.39 is 0 Å². The minimum atomic E-state index is -0.276. The number of para-hydroxylation sites is 2. The SMILES string of the molecule is CC1CCC(c2cnn(C(=O)c3ccccc3-n3nccn3)c2)CN1C(=O)c1ccccc1-n1nccn1. The van der Waals surface area contributed by atoms with Crippen LogP contribution in [0.3, 0.4) is 0 Å². The summed E-state index contributed by atoms with van der Waals surface area (Å²) in [6.45, 7) is 2.59. The second kappa shape index (κ2) is 9.85. The Hall–Kier alpha value is -4.93. The zero-order valence-electron chi connectivity index (χ0n) is 20.7. The van der Waals surface area contributed by atoms with Crippen LogP contribution in [0.15, 0.2) is 85.7 Å². The predicted molar refractivity (Wildman–Crippen MR) is 137 cm³/mol. The summed E-state index contributed by atoms with van der Waals surface area (Å²) >= 11 is 0. The van der Waals surface area contributed by atoms with E-state index in [9.17, 15) is 9.59 Å². The highest BCUT2D eigenvalue weighted by molar-refractivity contribution is 5.99. The largest absolute Gasteiger partial charge is 0.335 e. The Morgan fingerprint density at radius 3 is 1.89 bits per heavy atom. The van der Waals surface area contributed by atoms with E-state index >= 15 is 0 Å². The molecular formula is C27H25N9O2. The number of nitrogens with zero attached hydrogens (tertiary/aromatic N) is 9. The number of carbonyl (C=O) groups is 2. The highest BCUT2D eigenvalue weighted by Crippen LogP contribution is 2.31. The fourth-order valence-electron chi connectivity index (χ4n) is 4.94. The van der Waals surface area contributed by atoms with Crippen molar-refractivity contribution in [3.63, 3.8) is 0 Å². The van der Waals surface area contributed by atoms with Gasteiger partial charge in [-0.1, -0.05) is 24.3 Å². The molecule has 0 spiro atoms. The second-order valence-corrected chi connectivity index (χ2v) is 9.28. The fourth-order valence-corrected chi connectivity index (χ4v) is 4.94. The lowest BCUT2D eigenvalue weighted by Crippen LogP contribution is -2.45. The van der Waals surface area contributed by atoms with Gasteiger partial charge in [-0.25, -0.2) is 4.68 Å². The molecule has 2 unspecified atom stereocenters. The molecule has 38 heavy (non-hydrogen) atoms. The Kier molecular flexibility index (Phi) is 6.08. The topological polar surface area (TPSA) is 117 Å². The van der Waals surface area contributed by atoms with Crippen LogP contribution >= 0.6 is 0 Å². The zero-order valence-corrected chi connectivity index (χ0v) is 20.7. The van der Waals surface area contributed by atoms with E-state index in [1.54, 1.807) is 61.4 Å². The average molecular weight is 508 g/mol. The van der Waals surface area contributed by atoms with Crippen molar-refractivity contribution in [2.45, 2.75) is 31.7 Å². The van der Waals surface area contributed by atoms with Crippen LogP contribution in [0.2, 0.25) is 0 Å². The van der Waals surface area contributed by atoms with Crippen LogP contribution in [-0.2, 0) is 0 Å². The van der Waals surface area contributed by atoms with Crippen molar-refractivity contribution in [1.82, 2.24) is 44.7 Å². The number of carbonyl (C=O) groups excluding carboxylic acids is 2. The van der Waals surface area contributed by atoms with E-state index in [1.807, 2.05) is 29.2 Å². The number of hydrogen-bond donors (Lipinski definition) is 0. The number of rotatable bonds is 5. The third-order valence-corrected chi connectivity index (χ3v) is 6.96. The molecule has 0 bridgehead atoms. The van der Waals surface area contributed by atoms with Crippen LogP contribution in [0.4, 0.5) is 0 Å². The Bertz CT molecular complexity index is 1570. The third kappa shape index (κ3) is 4.27. The van der Waals surface area contributed by atoms with Gasteiger partial charge in [0.05, 0.1) is 53.5 Å². The van der Waals surface area contributed by atoms with Crippen LogP contribution in [0, 0.1) is 0 Å². The monoisotopic (exact) mass is 507 g/mol. The molecule has 1 aliphatic heterocycles. The summed E-state index contributed by atoms with van der Waals surface area (Å²) in [7, 11) is 0. The summed E-state index contributed by atoms with van der Waals surface area (Å²) in [6, 6.07) is 14.6. The van der Waals surface area contributed by atoms with E-state index in [0.717, 1.165) is 18.4 Å². The highest BCUT2D eigenvalue weighted by atomic mass is 16.2. The van der Waals surface area contributed by atoms with Gasteiger partial charge in [0, 0.05) is 24.7 Å². The van der Waals surface area contributed by atoms with Gasteiger partial charge in [0.25, 0.3) is 11.8 Å². The lowest BCUT2D eigenvalue weighted by molar-refractivity contribution is 0.0609. The maximum absolute atomic E-state index is 13.7. The van der Waals surface area contributed by atoms with Crippen molar-refractivity contribution in [2.24, 2.45) is 0 Å². The number of likely N-dealkylation sites (tertiary alicyclic amines) is 1. The minimum Gasteiger partial charge on any atom is -0.335 e. The second-order valence-electron chi connectivity index (χ2n) is 9.28. The molecule has 1 saturated heterocycles. The van der Waals surface area contributed by atoms with Gasteiger partial charge in [-0.2, -0.15) is 35.1 Å². The van der Waals surface area contributed by atoms with Gasteiger partial charge in [0.1, 0.15) is 0 Å². The van der Waals surface area contributed by atoms with Crippen LogP contribution in [0.25, 0.3) is 11.4 Å². The van der Waals surface area contributed by atoms with E-state index in [2.05, 4.69) is 32.4 Å². The maximum atomic E-state index is 13.7. The molecule has 0 saturated carbocycles. The van der Waals surface area contributed by atoms with Gasteiger partial charge < -0.3 is 4.90 Å². The van der Waals surface area contributed by atoms with Gasteiger partial charge in [-0.3, -0.25) is 9.59 Å². The normalized spacial score (nSPS) is 17.4. The molecule has 2 atom stereocenters. The first-order chi connectivity index (χ1) is 18.6. The van der Waals surface area contributed by atoms with Gasteiger partial charge in [-0.05, 0) is 49.6 Å². The standard InChI is InChI=1S/C27H25N9O2/c1-19-10-11-20(17-33(19)26(37)22-6-2-4-8-24(22)35-28-12-13-29-35)21-16-32-34(18-21)27(38)23-7-3-5-9-25(23)36-30-14-15-31-36/h2-9,12-16,18-20H,10-11,17H2,1H3. The van der Waals surface area contributed by atoms with E-state index in [0.29, 0.717) is 29.0 Å². The van der Waals surface area contributed by atoms with E-state index in [1.165, 1.54) is 14.3 Å². The van der Waals surface area contributed by atoms with Crippen molar-refractivity contribution in [2.75, 3.05) is 6.54 Å². The van der Waals surface area contributed by atoms with Crippen molar-refractivity contribution in [1.29, 1.82) is 0 Å². The van der Waals surface area contributed by atoms with Crippen molar-refractivity contribution in [3.8, 4) is 11.4 Å². The number of hydrogen-bond acceptors (Lipinski definition) is 7. The third-order valence-electron chi connectivity index (χ3n) is 6.96. The lowest BCUT2D eigenvalue weighted by atomic mass is 9.89. The van der Waals surface area contributed by atoms with Crippen LogP contribution in [0.5, 0.6) is 0 Å². The number of aromatic nitrogens is 8. The molecular weight excluding hydrogens is 482 g/mol. The van der Waals surface area contributed by atoms with E-state index in [-0.39, 0.29) is 23.8 Å². The first kappa shape index (κ1) is 23.5. The molecule has 190 valence electrons. The molecule has 1 aliphatic rings. The molecule has 6 rings (SSSR count). The molecule has 11 heteroatoms. The number of benzene rings is 2. The van der Waals surface area contributed by atoms with Crippen molar-refractivity contribution < 1.29 is 9.59 Å². The summed E-state index contributed by atoms with van der Waals surface area (Å²) in [5.74, 6) is -0.296. The van der Waals surface area contributed by atoms with Gasteiger partial charge in [-0.15, -0.1) is 0 Å². The molecule has 11 nitrogen and oxygen atoms in total. The van der Waals surface area contributed by atoms with Crippen molar-refractivity contribution in [3.05, 3.63) is 102 Å². The number of piperidine rings is 1. The van der Waals surface area contributed by atoms with Gasteiger partial charge >= 0.3 is 0 Å². The highest BCUT2D eigenvalue weighted by Gasteiger charge is 2.32. The van der Waals surface area contributed by atoms with Crippen LogP contribution in [-0.4, -0.2) is 69.1 Å². The molecule has 1 amide bonds. The molecule has 0 aliphatic carbocycles. The van der Waals surface area contributed by atoms with Crippen molar-refractivity contribution >= 4 is 11.8 Å². The smallest absolute Gasteiger partial charge is 0.280 e. The molecule has 0 N–H and O–H groups in total. The molecule has 5 aromatic rings. The summed E-state index contributed by atoms with van der Waals surface area (Å²) in [5, 5.41) is 21.1. The minimum absolute atomic E-state index is 0.0507. The molecule has 4 heterocycles. The summed E-state index contributed by atoms with van der Waals surface area (Å²) in [5.41, 5.74) is 3.12. The summed E-state index contributed by atoms with van der Waals surface area (Å²) in [6.07, 6.45) is 11.5. The van der Waals surface area contributed by atoms with Crippen LogP contribution < -0.4 is 0 Å². The molecule has 2 aromatic carbocycles. The molecule has 1 fully saturated rings. The Labute approximate surface area is 218 Å². The zero-order chi connectivity index (χ0) is 26.1.